The molecular formula is C12H12ClF3N2OS. The maximum Gasteiger partial charge on any atom is 0.573 e. The van der Waals surface area contributed by atoms with E-state index in [0.717, 1.165) is 0 Å². The minimum absolute atomic E-state index is 0.00541. The maximum absolute atomic E-state index is 12.2. The van der Waals surface area contributed by atoms with Gasteiger partial charge in [0, 0.05) is 16.8 Å². The predicted molar refractivity (Wildman–Crippen MR) is 76.9 cm³/mol. The van der Waals surface area contributed by atoms with Gasteiger partial charge in [0.1, 0.15) is 5.75 Å². The van der Waals surface area contributed by atoms with E-state index in [1.807, 2.05) is 0 Å². The molecule has 1 aromatic carbocycles. The first kappa shape index (κ1) is 16.6. The SMILES string of the molecule is CC=C(Cl)CN(C(N)=S)c1cccc(OC(F)(F)F)c1. The Labute approximate surface area is 124 Å². The molecule has 0 heterocycles. The van der Waals surface area contributed by atoms with E-state index < -0.39 is 6.36 Å². The summed E-state index contributed by atoms with van der Waals surface area (Å²) in [6, 6.07) is 5.34. The van der Waals surface area contributed by atoms with Crippen molar-refractivity contribution in [1.29, 1.82) is 0 Å². The van der Waals surface area contributed by atoms with Crippen LogP contribution >= 0.6 is 23.8 Å². The highest BCUT2D eigenvalue weighted by atomic mass is 35.5. The van der Waals surface area contributed by atoms with E-state index in [9.17, 15) is 13.2 Å². The van der Waals surface area contributed by atoms with Crippen LogP contribution in [-0.2, 0) is 0 Å². The van der Waals surface area contributed by atoms with Crippen LogP contribution in [0.25, 0.3) is 0 Å². The number of nitrogens with two attached hydrogens (primary N) is 1. The van der Waals surface area contributed by atoms with Gasteiger partial charge in [-0.15, -0.1) is 13.2 Å². The molecule has 0 radical (unpaired) electrons. The fraction of sp³-hybridized carbons (Fsp3) is 0.250. The van der Waals surface area contributed by atoms with Crippen molar-refractivity contribution in [3.05, 3.63) is 35.4 Å². The zero-order valence-corrected chi connectivity index (χ0v) is 12.0. The molecule has 8 heteroatoms. The summed E-state index contributed by atoms with van der Waals surface area (Å²) in [5.41, 5.74) is 5.92. The summed E-state index contributed by atoms with van der Waals surface area (Å²) >= 11 is 10.8. The molecule has 0 aliphatic heterocycles. The van der Waals surface area contributed by atoms with Crippen molar-refractivity contribution >= 4 is 34.6 Å². The van der Waals surface area contributed by atoms with Gasteiger partial charge in [-0.3, -0.25) is 0 Å². The van der Waals surface area contributed by atoms with Gasteiger partial charge in [0.15, 0.2) is 5.11 Å². The molecule has 1 rings (SSSR count). The highest BCUT2D eigenvalue weighted by Gasteiger charge is 2.31. The van der Waals surface area contributed by atoms with Gasteiger partial charge in [-0.05, 0) is 31.3 Å². The summed E-state index contributed by atoms with van der Waals surface area (Å²) < 4.78 is 40.4. The third-order valence-corrected chi connectivity index (χ3v) is 2.81. The van der Waals surface area contributed by atoms with Gasteiger partial charge in [0.25, 0.3) is 0 Å². The van der Waals surface area contributed by atoms with E-state index in [2.05, 4.69) is 4.74 Å². The number of ether oxygens (including phenoxy) is 1. The molecule has 0 unspecified atom stereocenters. The Bertz CT molecular complexity index is 520. The second-order valence-corrected chi connectivity index (χ2v) is 4.61. The highest BCUT2D eigenvalue weighted by Crippen LogP contribution is 2.27. The highest BCUT2D eigenvalue weighted by molar-refractivity contribution is 7.80. The Hall–Kier alpha value is -1.47. The summed E-state index contributed by atoms with van der Waals surface area (Å²) in [7, 11) is 0. The lowest BCUT2D eigenvalue weighted by molar-refractivity contribution is -0.274. The smallest absolute Gasteiger partial charge is 0.406 e. The molecule has 0 saturated heterocycles. The second kappa shape index (κ2) is 6.81. The number of hydrogen-bond acceptors (Lipinski definition) is 2. The van der Waals surface area contributed by atoms with Crippen molar-refractivity contribution in [3.8, 4) is 5.75 Å². The van der Waals surface area contributed by atoms with Crippen LogP contribution in [0.15, 0.2) is 35.4 Å². The molecule has 0 amide bonds. The second-order valence-electron chi connectivity index (χ2n) is 3.71. The van der Waals surface area contributed by atoms with Crippen molar-refractivity contribution in [2.75, 3.05) is 11.4 Å². The molecule has 0 fully saturated rings. The molecule has 20 heavy (non-hydrogen) atoms. The minimum Gasteiger partial charge on any atom is -0.406 e. The molecule has 0 saturated carbocycles. The zero-order valence-electron chi connectivity index (χ0n) is 10.4. The summed E-state index contributed by atoms with van der Waals surface area (Å²) in [6.45, 7) is 1.89. The normalized spacial score (nSPS) is 12.2. The van der Waals surface area contributed by atoms with E-state index in [-0.39, 0.29) is 17.4 Å². The van der Waals surface area contributed by atoms with Gasteiger partial charge < -0.3 is 15.4 Å². The van der Waals surface area contributed by atoms with Gasteiger partial charge >= 0.3 is 6.36 Å². The first-order chi connectivity index (χ1) is 9.23. The standard InChI is InChI=1S/C12H12ClF3N2OS/c1-2-8(13)7-18(11(17)20)9-4-3-5-10(6-9)19-12(14,15)16/h2-6H,7H2,1H3,(H2,17,20). The van der Waals surface area contributed by atoms with E-state index in [1.54, 1.807) is 19.1 Å². The Morgan fingerprint density at radius 1 is 1.50 bits per heavy atom. The fourth-order valence-corrected chi connectivity index (χ4v) is 1.68. The van der Waals surface area contributed by atoms with Crippen molar-refractivity contribution in [3.63, 3.8) is 0 Å². The summed E-state index contributed by atoms with van der Waals surface area (Å²) in [5.74, 6) is -0.354. The molecule has 0 bridgehead atoms. The number of alkyl halides is 3. The van der Waals surface area contributed by atoms with Gasteiger partial charge in [0.2, 0.25) is 0 Å². The average molecular weight is 325 g/mol. The van der Waals surface area contributed by atoms with Crippen molar-refractivity contribution in [2.24, 2.45) is 5.73 Å². The van der Waals surface area contributed by atoms with Gasteiger partial charge in [-0.1, -0.05) is 23.7 Å². The Morgan fingerprint density at radius 3 is 2.65 bits per heavy atom. The van der Waals surface area contributed by atoms with Gasteiger partial charge in [-0.2, -0.15) is 0 Å². The molecular weight excluding hydrogens is 313 g/mol. The molecule has 3 nitrogen and oxygen atoms in total. The molecule has 0 spiro atoms. The number of benzene rings is 1. The Balaban J connectivity index is 3.03. The van der Waals surface area contributed by atoms with Crippen molar-refractivity contribution in [2.45, 2.75) is 13.3 Å². The Morgan fingerprint density at radius 2 is 2.15 bits per heavy atom. The van der Waals surface area contributed by atoms with E-state index >= 15 is 0 Å². The van der Waals surface area contributed by atoms with Crippen LogP contribution in [0.5, 0.6) is 5.75 Å². The molecule has 1 aromatic rings. The summed E-state index contributed by atoms with van der Waals surface area (Å²) in [4.78, 5) is 1.40. The van der Waals surface area contributed by atoms with Crippen molar-refractivity contribution < 1.29 is 17.9 Å². The number of allylic oxidation sites excluding steroid dienone is 1. The maximum atomic E-state index is 12.2. The Kier molecular flexibility index (Phi) is 5.64. The van der Waals surface area contributed by atoms with Crippen LogP contribution in [0, 0.1) is 0 Å². The number of halogens is 4. The van der Waals surface area contributed by atoms with Gasteiger partial charge in [-0.25, -0.2) is 0 Å². The molecule has 110 valence electrons. The van der Waals surface area contributed by atoms with E-state index in [1.165, 1.54) is 23.1 Å². The average Bonchev–Trinajstić information content (AvgIpc) is 2.33. The van der Waals surface area contributed by atoms with Crippen LogP contribution < -0.4 is 15.4 Å². The number of nitrogens with zero attached hydrogens (tertiary/aromatic N) is 1. The third kappa shape index (κ3) is 5.26. The van der Waals surface area contributed by atoms with Crippen LogP contribution in [-0.4, -0.2) is 18.0 Å². The number of hydrogen-bond donors (Lipinski definition) is 1. The summed E-state index contributed by atoms with van der Waals surface area (Å²) in [6.07, 6.45) is -3.11. The number of thiocarbonyl (C=S) groups is 1. The number of anilines is 1. The molecule has 0 atom stereocenters. The van der Waals surface area contributed by atoms with Crippen LogP contribution in [0.3, 0.4) is 0 Å². The van der Waals surface area contributed by atoms with Crippen LogP contribution in [0.4, 0.5) is 18.9 Å². The molecule has 0 aliphatic carbocycles. The zero-order chi connectivity index (χ0) is 15.3. The monoisotopic (exact) mass is 324 g/mol. The summed E-state index contributed by atoms with van der Waals surface area (Å²) in [5, 5.41) is 0.453. The lowest BCUT2D eigenvalue weighted by Gasteiger charge is -2.23. The molecule has 2 N–H and O–H groups in total. The first-order valence-electron chi connectivity index (χ1n) is 5.46. The quantitative estimate of drug-likeness (QED) is 0.855. The largest absolute Gasteiger partial charge is 0.573 e. The lowest BCUT2D eigenvalue weighted by Crippen LogP contribution is -2.36. The first-order valence-corrected chi connectivity index (χ1v) is 6.25. The topological polar surface area (TPSA) is 38.5 Å². The van der Waals surface area contributed by atoms with Crippen LogP contribution in [0.2, 0.25) is 0 Å². The predicted octanol–water partition coefficient (Wildman–Crippen LogP) is 3.78. The number of rotatable bonds is 4. The van der Waals surface area contributed by atoms with Crippen molar-refractivity contribution in [1.82, 2.24) is 0 Å². The third-order valence-electron chi connectivity index (χ3n) is 2.25. The molecule has 0 aliphatic rings. The van der Waals surface area contributed by atoms with E-state index in [0.29, 0.717) is 10.7 Å². The molecule has 0 aromatic heterocycles. The lowest BCUT2D eigenvalue weighted by atomic mass is 10.2. The fourth-order valence-electron chi connectivity index (χ4n) is 1.39. The van der Waals surface area contributed by atoms with Gasteiger partial charge in [0.05, 0.1) is 6.54 Å². The van der Waals surface area contributed by atoms with Crippen LogP contribution in [0.1, 0.15) is 6.92 Å². The minimum atomic E-state index is -4.76. The van der Waals surface area contributed by atoms with E-state index in [4.69, 9.17) is 29.6 Å².